The topological polar surface area (TPSA) is 158 Å². The van der Waals surface area contributed by atoms with Crippen molar-refractivity contribution in [1.29, 1.82) is 0 Å². The fraction of sp³-hybridized carbons (Fsp3) is 0.286. The molecule has 168 valence electrons. The van der Waals surface area contributed by atoms with Crippen LogP contribution in [0.3, 0.4) is 0 Å². The molecule has 11 nitrogen and oxygen atoms in total. The Balaban J connectivity index is 1.79. The number of rotatable bonds is 7. The zero-order valence-electron chi connectivity index (χ0n) is 17.8. The maximum atomic E-state index is 12.7. The van der Waals surface area contributed by atoms with Crippen molar-refractivity contribution < 1.29 is 19.1 Å². The highest BCUT2D eigenvalue weighted by Crippen LogP contribution is 2.19. The van der Waals surface area contributed by atoms with Gasteiger partial charge < -0.3 is 20.8 Å². The van der Waals surface area contributed by atoms with Crippen molar-refractivity contribution in [2.75, 3.05) is 12.3 Å². The second kappa shape index (κ2) is 8.92. The predicted octanol–water partition coefficient (Wildman–Crippen LogP) is -0.379. The first-order chi connectivity index (χ1) is 15.1. The number of H-pyrrole nitrogens is 1. The zero-order valence-corrected chi connectivity index (χ0v) is 17.8. The number of anilines is 1. The number of nitrogens with one attached hydrogen (secondary N) is 2. The van der Waals surface area contributed by atoms with Gasteiger partial charge in [0.1, 0.15) is 17.4 Å². The van der Waals surface area contributed by atoms with E-state index in [1.165, 1.54) is 21.0 Å². The summed E-state index contributed by atoms with van der Waals surface area (Å²) in [5.74, 6) is -2.48. The summed E-state index contributed by atoms with van der Waals surface area (Å²) < 4.78 is 6.79. The van der Waals surface area contributed by atoms with Crippen LogP contribution in [0.2, 0.25) is 0 Å². The quantitative estimate of drug-likeness (QED) is 0.333. The smallest absolute Gasteiger partial charge is 0.332 e. The normalized spacial score (nSPS) is 11.8. The number of amides is 1. The van der Waals surface area contributed by atoms with E-state index < -0.39 is 47.1 Å². The summed E-state index contributed by atoms with van der Waals surface area (Å²) in [5, 5.41) is 3.40. The number of para-hydroxylation sites is 1. The van der Waals surface area contributed by atoms with E-state index in [4.69, 9.17) is 10.5 Å². The largest absolute Gasteiger partial charge is 0.456 e. The van der Waals surface area contributed by atoms with Crippen molar-refractivity contribution in [2.45, 2.75) is 19.4 Å². The molecule has 0 aliphatic heterocycles. The molecule has 0 aliphatic carbocycles. The number of esters is 1. The van der Waals surface area contributed by atoms with Crippen LogP contribution in [0.1, 0.15) is 22.8 Å². The molecule has 0 aliphatic rings. The lowest BCUT2D eigenvalue weighted by atomic mass is 10.0. The summed E-state index contributed by atoms with van der Waals surface area (Å²) in [5.41, 5.74) is 5.38. The third kappa shape index (κ3) is 4.31. The number of nitrogens with zero attached hydrogens (tertiary/aromatic N) is 2. The minimum atomic E-state index is -1.06. The fourth-order valence-electron chi connectivity index (χ4n) is 3.39. The first kappa shape index (κ1) is 22.5. The van der Waals surface area contributed by atoms with E-state index in [9.17, 15) is 24.0 Å². The molecule has 1 aromatic carbocycles. The second-order valence-corrected chi connectivity index (χ2v) is 7.31. The molecule has 4 N–H and O–H groups in total. The van der Waals surface area contributed by atoms with Gasteiger partial charge in [0, 0.05) is 44.5 Å². The number of fused-ring (bicyclic) bond motifs is 1. The molecule has 2 aromatic heterocycles. The van der Waals surface area contributed by atoms with Crippen LogP contribution in [0.5, 0.6) is 0 Å². The molecule has 0 fully saturated rings. The molecule has 3 aromatic rings. The number of nitrogens with two attached hydrogens (primary N) is 1. The lowest BCUT2D eigenvalue weighted by Gasteiger charge is -2.17. The van der Waals surface area contributed by atoms with Gasteiger partial charge >= 0.3 is 11.7 Å². The highest BCUT2D eigenvalue weighted by atomic mass is 16.5. The summed E-state index contributed by atoms with van der Waals surface area (Å²) in [6.07, 6.45) is 1.85. The summed E-state index contributed by atoms with van der Waals surface area (Å²) in [7, 11) is 2.52. The number of Topliss-reactive ketones (excluding diaryl/α,β-unsaturated/α-hetero) is 1. The number of benzene rings is 1. The number of carbonyl (C=O) groups is 3. The molecule has 0 saturated heterocycles. The number of ether oxygens (including phenoxy) is 1. The number of nitrogen functional groups attached to an aromatic ring is 1. The van der Waals surface area contributed by atoms with Crippen LogP contribution >= 0.6 is 0 Å². The van der Waals surface area contributed by atoms with Crippen LogP contribution in [-0.4, -0.2) is 44.4 Å². The van der Waals surface area contributed by atoms with E-state index in [2.05, 4.69) is 10.3 Å². The second-order valence-electron chi connectivity index (χ2n) is 7.31. The first-order valence-electron chi connectivity index (χ1n) is 9.69. The Hall–Kier alpha value is -4.15. The van der Waals surface area contributed by atoms with Crippen LogP contribution < -0.4 is 22.3 Å². The van der Waals surface area contributed by atoms with E-state index in [0.29, 0.717) is 0 Å². The molecule has 0 spiro atoms. The Bertz CT molecular complexity index is 1330. The average molecular weight is 441 g/mol. The van der Waals surface area contributed by atoms with Crippen LogP contribution in [0.4, 0.5) is 5.82 Å². The number of aromatic nitrogens is 3. The Morgan fingerprint density at radius 3 is 2.53 bits per heavy atom. The van der Waals surface area contributed by atoms with E-state index in [-0.39, 0.29) is 12.2 Å². The third-order valence-electron chi connectivity index (χ3n) is 5.10. The minimum absolute atomic E-state index is 0.125. The molecule has 1 amide bonds. The third-order valence-corrected chi connectivity index (χ3v) is 5.10. The Kier molecular flexibility index (Phi) is 6.28. The van der Waals surface area contributed by atoms with E-state index in [0.717, 1.165) is 25.6 Å². The van der Waals surface area contributed by atoms with Gasteiger partial charge in [-0.05, 0) is 11.6 Å². The maximum absolute atomic E-state index is 12.7. The molecule has 11 heteroatoms. The summed E-state index contributed by atoms with van der Waals surface area (Å²) in [6.45, 7) is 0.482. The van der Waals surface area contributed by atoms with Gasteiger partial charge in [0.15, 0.2) is 6.61 Å². The van der Waals surface area contributed by atoms with E-state index in [1.54, 1.807) is 6.20 Å². The number of hydrogen-bond donors (Lipinski definition) is 3. The summed E-state index contributed by atoms with van der Waals surface area (Å²) in [4.78, 5) is 64.1. The van der Waals surface area contributed by atoms with Gasteiger partial charge in [-0.15, -0.1) is 0 Å². The van der Waals surface area contributed by atoms with Crippen LogP contribution in [-0.2, 0) is 34.8 Å². The molecular formula is C21H23N5O6. The Labute approximate surface area is 181 Å². The zero-order chi connectivity index (χ0) is 23.6. The number of carbonyl (C=O) groups excluding carboxylic acids is 3. The van der Waals surface area contributed by atoms with Gasteiger partial charge in [0.2, 0.25) is 11.7 Å². The highest BCUT2D eigenvalue weighted by Gasteiger charge is 2.26. The van der Waals surface area contributed by atoms with Gasteiger partial charge in [0.05, 0.1) is 0 Å². The highest BCUT2D eigenvalue weighted by molar-refractivity contribution is 6.01. The van der Waals surface area contributed by atoms with Crippen molar-refractivity contribution >= 4 is 34.4 Å². The molecule has 1 unspecified atom stereocenters. The molecule has 0 bridgehead atoms. The summed E-state index contributed by atoms with van der Waals surface area (Å²) >= 11 is 0. The standard InChI is InChI=1S/C21H23N5O6/c1-11(27)24-15(8-12-9-23-14-7-5-4-6-13(12)14)20(30)32-10-16(28)17-18(22)25(2)21(31)26(3)19(17)29/h4-7,9,15,23H,8,10,22H2,1-3H3,(H,24,27). The number of hydrogen-bond acceptors (Lipinski definition) is 7. The van der Waals surface area contributed by atoms with Gasteiger partial charge in [-0.2, -0.15) is 0 Å². The molecule has 0 radical (unpaired) electrons. The van der Waals surface area contributed by atoms with Crippen molar-refractivity contribution in [3.05, 3.63) is 62.4 Å². The molecule has 0 saturated carbocycles. The summed E-state index contributed by atoms with van der Waals surface area (Å²) in [6, 6.07) is 6.41. The van der Waals surface area contributed by atoms with E-state index in [1.807, 2.05) is 24.3 Å². The van der Waals surface area contributed by atoms with Gasteiger partial charge in [0.25, 0.3) is 5.56 Å². The van der Waals surface area contributed by atoms with Crippen LogP contribution in [0.25, 0.3) is 10.9 Å². The molecule has 1 atom stereocenters. The SMILES string of the molecule is CC(=O)NC(Cc1c[nH]c2ccccc12)C(=O)OCC(=O)c1c(N)n(C)c(=O)n(C)c1=O. The lowest BCUT2D eigenvalue weighted by molar-refractivity contribution is -0.146. The van der Waals surface area contributed by atoms with Crippen LogP contribution in [0, 0.1) is 0 Å². The molecule has 2 heterocycles. The fourth-order valence-corrected chi connectivity index (χ4v) is 3.39. The maximum Gasteiger partial charge on any atom is 0.332 e. The van der Waals surface area contributed by atoms with Crippen molar-refractivity contribution in [1.82, 2.24) is 19.4 Å². The molecular weight excluding hydrogens is 418 g/mol. The lowest BCUT2D eigenvalue weighted by Crippen LogP contribution is -2.44. The van der Waals surface area contributed by atoms with Gasteiger partial charge in [-0.25, -0.2) is 9.59 Å². The Morgan fingerprint density at radius 2 is 1.84 bits per heavy atom. The van der Waals surface area contributed by atoms with Crippen molar-refractivity contribution in [3.63, 3.8) is 0 Å². The van der Waals surface area contributed by atoms with Crippen LogP contribution in [0.15, 0.2) is 40.1 Å². The first-order valence-corrected chi connectivity index (χ1v) is 9.69. The van der Waals surface area contributed by atoms with Gasteiger partial charge in [-0.3, -0.25) is 23.5 Å². The monoisotopic (exact) mass is 441 g/mol. The Morgan fingerprint density at radius 1 is 1.16 bits per heavy atom. The average Bonchev–Trinajstić information content (AvgIpc) is 3.17. The predicted molar refractivity (Wildman–Crippen MR) is 116 cm³/mol. The van der Waals surface area contributed by atoms with Gasteiger partial charge in [-0.1, -0.05) is 18.2 Å². The van der Waals surface area contributed by atoms with Crippen molar-refractivity contribution in [2.24, 2.45) is 14.1 Å². The minimum Gasteiger partial charge on any atom is -0.456 e. The number of ketones is 1. The molecule has 3 rings (SSSR count). The molecule has 32 heavy (non-hydrogen) atoms. The van der Waals surface area contributed by atoms with Crippen molar-refractivity contribution in [3.8, 4) is 0 Å². The number of aromatic amines is 1. The van der Waals surface area contributed by atoms with E-state index >= 15 is 0 Å².